The fraction of sp³-hybridized carbons (Fsp3) is 0.658. The quantitative estimate of drug-likeness (QED) is 0.273. The van der Waals surface area contributed by atoms with Gasteiger partial charge in [0.2, 0.25) is 5.91 Å². The third kappa shape index (κ3) is 5.24. The molecule has 7 atom stereocenters. The van der Waals surface area contributed by atoms with Gasteiger partial charge >= 0.3 is 0 Å². The van der Waals surface area contributed by atoms with Crippen LogP contribution in [0.1, 0.15) is 94.7 Å². The van der Waals surface area contributed by atoms with Gasteiger partial charge in [-0.05, 0) is 94.9 Å². The number of benzene rings is 2. The van der Waals surface area contributed by atoms with Crippen LogP contribution in [0.25, 0.3) is 0 Å². The molecule has 2 heterocycles. The number of hydrogen-bond acceptors (Lipinski definition) is 5. The first-order valence-corrected chi connectivity index (χ1v) is 17.6. The van der Waals surface area contributed by atoms with E-state index in [1.807, 2.05) is 0 Å². The first-order chi connectivity index (χ1) is 21.4. The number of hydrogen-bond donors (Lipinski definition) is 1. The van der Waals surface area contributed by atoms with Crippen LogP contribution in [-0.4, -0.2) is 71.3 Å². The van der Waals surface area contributed by atoms with E-state index in [2.05, 4.69) is 66.1 Å². The normalized spacial score (nSPS) is 31.4. The van der Waals surface area contributed by atoms with Crippen molar-refractivity contribution in [3.8, 4) is 11.5 Å². The number of amides is 1. The topological polar surface area (TPSA) is 62.2 Å². The molecule has 6 nitrogen and oxygen atoms in total. The van der Waals surface area contributed by atoms with Gasteiger partial charge < -0.3 is 19.5 Å². The number of aliphatic hydroxyl groups is 1. The highest BCUT2D eigenvalue weighted by atomic mass is 16.5. The predicted molar refractivity (Wildman–Crippen MR) is 173 cm³/mol. The van der Waals surface area contributed by atoms with Crippen molar-refractivity contribution >= 4 is 5.91 Å². The zero-order chi connectivity index (χ0) is 30.4. The van der Waals surface area contributed by atoms with Gasteiger partial charge in [0.05, 0.1) is 19.3 Å². The van der Waals surface area contributed by atoms with Crippen molar-refractivity contribution < 1.29 is 19.4 Å². The zero-order valence-electron chi connectivity index (χ0n) is 27.0. The van der Waals surface area contributed by atoms with Crippen molar-refractivity contribution in [3.05, 3.63) is 59.2 Å². The van der Waals surface area contributed by atoms with E-state index >= 15 is 0 Å². The SMILES string of the molecule is COc1ccc2c3c1O[C@H]1[C@H](N(C(=O)CCCCCCCc4ccccc4)C(C)C)CC[C@H]4[C@@H](C2)N(CC2CC2O)CC[C@@]341. The number of nitrogens with zero attached hydrogens (tertiary/aromatic N) is 2. The Morgan fingerprint density at radius 3 is 2.61 bits per heavy atom. The Hall–Kier alpha value is -2.57. The van der Waals surface area contributed by atoms with Gasteiger partial charge in [-0.15, -0.1) is 0 Å². The highest BCUT2D eigenvalue weighted by Crippen LogP contribution is 2.64. The summed E-state index contributed by atoms with van der Waals surface area (Å²) in [6.07, 6.45) is 12.5. The molecule has 1 N–H and O–H groups in total. The fourth-order valence-electron chi connectivity index (χ4n) is 9.75. The molecule has 1 amide bonds. The predicted octanol–water partition coefficient (Wildman–Crippen LogP) is 6.30. The maximum absolute atomic E-state index is 14.0. The minimum Gasteiger partial charge on any atom is -0.493 e. The maximum Gasteiger partial charge on any atom is 0.223 e. The lowest BCUT2D eigenvalue weighted by Crippen LogP contribution is -2.69. The van der Waals surface area contributed by atoms with E-state index in [0.29, 0.717) is 30.2 Å². The first kappa shape index (κ1) is 30.1. The molecule has 0 radical (unpaired) electrons. The van der Waals surface area contributed by atoms with Crippen LogP contribution in [0.15, 0.2) is 42.5 Å². The highest BCUT2D eigenvalue weighted by molar-refractivity contribution is 5.77. The molecule has 0 aromatic heterocycles. The standard InChI is InChI=1S/C38H52N2O4/c1-25(2)40(34(42)15-11-6-4-5-8-12-26-13-9-7-10-14-26)30-18-17-29-31-22-27-16-19-33(43-3)36-35(27)38(29,37(30)44-36)20-21-39(31)24-28-23-32(28)41/h7,9-10,13-14,16,19,25,28-32,37,41H,4-6,8,11-12,15,17-18,20-24H2,1-3H3/t28?,29-,30+,31+,32?,37-,38-/m0/s1. The van der Waals surface area contributed by atoms with E-state index in [1.165, 1.54) is 36.0 Å². The number of rotatable bonds is 13. The van der Waals surface area contributed by atoms with E-state index in [9.17, 15) is 9.90 Å². The molecule has 2 aliphatic heterocycles. The smallest absolute Gasteiger partial charge is 0.223 e. The highest BCUT2D eigenvalue weighted by Gasteiger charge is 2.67. The Morgan fingerprint density at radius 1 is 1.09 bits per heavy atom. The number of methoxy groups -OCH3 is 1. The molecular formula is C38H52N2O4. The van der Waals surface area contributed by atoms with Crippen LogP contribution in [0.2, 0.25) is 0 Å². The molecule has 6 heteroatoms. The molecule has 3 fully saturated rings. The third-order valence-electron chi connectivity index (χ3n) is 11.9. The van der Waals surface area contributed by atoms with E-state index in [0.717, 1.165) is 76.0 Å². The lowest BCUT2D eigenvalue weighted by Gasteiger charge is -2.61. The second-order valence-electron chi connectivity index (χ2n) is 14.7. The fourth-order valence-corrected chi connectivity index (χ4v) is 9.75. The molecule has 7 rings (SSSR count). The molecule has 2 saturated carbocycles. The van der Waals surface area contributed by atoms with Crippen LogP contribution in [0.3, 0.4) is 0 Å². The number of unbranched alkanes of at least 4 members (excludes halogenated alkanes) is 4. The number of aryl methyl sites for hydroxylation is 1. The second-order valence-corrected chi connectivity index (χ2v) is 14.7. The number of carbonyl (C=O) groups excluding carboxylic acids is 1. The summed E-state index contributed by atoms with van der Waals surface area (Å²) in [4.78, 5) is 18.9. The molecule has 238 valence electrons. The third-order valence-corrected chi connectivity index (χ3v) is 11.9. The maximum atomic E-state index is 14.0. The summed E-state index contributed by atoms with van der Waals surface area (Å²) >= 11 is 0. The molecule has 44 heavy (non-hydrogen) atoms. The minimum absolute atomic E-state index is 0.0351. The monoisotopic (exact) mass is 600 g/mol. The Morgan fingerprint density at radius 2 is 1.86 bits per heavy atom. The largest absolute Gasteiger partial charge is 0.493 e. The van der Waals surface area contributed by atoms with Crippen molar-refractivity contribution in [3.63, 3.8) is 0 Å². The number of piperidine rings is 1. The summed E-state index contributed by atoms with van der Waals surface area (Å²) in [5, 5.41) is 10.1. The Labute approximate surface area is 264 Å². The van der Waals surface area contributed by atoms with E-state index in [1.54, 1.807) is 7.11 Å². The van der Waals surface area contributed by atoms with Crippen LogP contribution in [0.4, 0.5) is 0 Å². The number of ether oxygens (including phenoxy) is 2. The lowest BCUT2D eigenvalue weighted by atomic mass is 9.51. The molecular weight excluding hydrogens is 548 g/mol. The van der Waals surface area contributed by atoms with Gasteiger partial charge in [0.1, 0.15) is 6.10 Å². The minimum atomic E-state index is -0.115. The van der Waals surface area contributed by atoms with Crippen LogP contribution < -0.4 is 9.47 Å². The molecule has 2 unspecified atom stereocenters. The average Bonchev–Trinajstić information content (AvgIpc) is 3.60. The zero-order valence-corrected chi connectivity index (χ0v) is 27.0. The van der Waals surface area contributed by atoms with Crippen molar-refractivity contribution in [2.75, 3.05) is 20.2 Å². The Kier molecular flexibility index (Phi) is 8.43. The molecule has 1 saturated heterocycles. The molecule has 2 bridgehead atoms. The van der Waals surface area contributed by atoms with E-state index in [-0.39, 0.29) is 29.7 Å². The van der Waals surface area contributed by atoms with Crippen molar-refractivity contribution in [2.45, 2.75) is 127 Å². The van der Waals surface area contributed by atoms with Crippen LogP contribution in [0.5, 0.6) is 11.5 Å². The summed E-state index contributed by atoms with van der Waals surface area (Å²) < 4.78 is 12.9. The van der Waals surface area contributed by atoms with E-state index < -0.39 is 0 Å². The van der Waals surface area contributed by atoms with Gasteiger partial charge in [0.15, 0.2) is 11.5 Å². The van der Waals surface area contributed by atoms with Gasteiger partial charge in [-0.2, -0.15) is 0 Å². The molecule has 5 aliphatic rings. The molecule has 2 aromatic rings. The molecule has 1 spiro atoms. The summed E-state index contributed by atoms with van der Waals surface area (Å²) in [5.74, 6) is 3.02. The Bertz CT molecular complexity index is 1330. The van der Waals surface area contributed by atoms with Gasteiger partial charge in [0, 0.05) is 41.9 Å². The second kappa shape index (κ2) is 12.3. The van der Waals surface area contributed by atoms with Crippen LogP contribution in [-0.2, 0) is 23.1 Å². The Balaban J connectivity index is 1.05. The van der Waals surface area contributed by atoms with Crippen molar-refractivity contribution in [1.82, 2.24) is 9.80 Å². The van der Waals surface area contributed by atoms with Crippen LogP contribution >= 0.6 is 0 Å². The number of likely N-dealkylation sites (tertiary alicyclic amines) is 1. The number of carbonyl (C=O) groups is 1. The van der Waals surface area contributed by atoms with Crippen LogP contribution in [0, 0.1) is 11.8 Å². The van der Waals surface area contributed by atoms with Gasteiger partial charge in [-0.3, -0.25) is 9.69 Å². The van der Waals surface area contributed by atoms with Gasteiger partial charge in [0.25, 0.3) is 0 Å². The summed E-state index contributed by atoms with van der Waals surface area (Å²) in [7, 11) is 1.75. The molecule has 3 aliphatic carbocycles. The number of aliphatic hydroxyl groups excluding tert-OH is 1. The van der Waals surface area contributed by atoms with Crippen molar-refractivity contribution in [1.29, 1.82) is 0 Å². The first-order valence-electron chi connectivity index (χ1n) is 17.6. The average molecular weight is 601 g/mol. The van der Waals surface area contributed by atoms with E-state index in [4.69, 9.17) is 9.47 Å². The summed E-state index contributed by atoms with van der Waals surface area (Å²) in [6, 6.07) is 15.8. The summed E-state index contributed by atoms with van der Waals surface area (Å²) in [6.45, 7) is 6.42. The summed E-state index contributed by atoms with van der Waals surface area (Å²) in [5.41, 5.74) is 4.14. The van der Waals surface area contributed by atoms with Crippen molar-refractivity contribution in [2.24, 2.45) is 11.8 Å². The lowest BCUT2D eigenvalue weighted by molar-refractivity contribution is -0.146. The van der Waals surface area contributed by atoms with Gasteiger partial charge in [-0.1, -0.05) is 55.7 Å². The van der Waals surface area contributed by atoms with Gasteiger partial charge in [-0.25, -0.2) is 0 Å². The molecule has 2 aromatic carbocycles.